The van der Waals surface area contributed by atoms with Gasteiger partial charge in [0.2, 0.25) is 5.91 Å². The Morgan fingerprint density at radius 1 is 1.15 bits per heavy atom. The fourth-order valence-corrected chi connectivity index (χ4v) is 3.10. The highest BCUT2D eigenvalue weighted by Gasteiger charge is 2.51. The lowest BCUT2D eigenvalue weighted by Crippen LogP contribution is -2.46. The van der Waals surface area contributed by atoms with Gasteiger partial charge in [-0.15, -0.1) is 0 Å². The Labute approximate surface area is 158 Å². The van der Waals surface area contributed by atoms with Crippen molar-refractivity contribution in [2.75, 3.05) is 19.6 Å². The van der Waals surface area contributed by atoms with E-state index in [1.54, 1.807) is 31.2 Å². The lowest BCUT2D eigenvalue weighted by Gasteiger charge is -2.26. The van der Waals surface area contributed by atoms with Crippen LogP contribution in [0.15, 0.2) is 30.3 Å². The molecule has 140 valence electrons. The minimum absolute atomic E-state index is 0.111. The molecular weight excluding hydrogens is 346 g/mol. The molecule has 1 aliphatic rings. The number of hydrogen-bond acceptors (Lipinski definition) is 5. The number of carbonyl (C=O) groups is 3. The first-order valence-electron chi connectivity index (χ1n) is 8.71. The maximum Gasteiger partial charge on any atom is 0.325 e. The van der Waals surface area contributed by atoms with Crippen molar-refractivity contribution >= 4 is 17.8 Å². The number of benzene rings is 1. The molecule has 1 heterocycles. The average Bonchev–Trinajstić information content (AvgIpc) is 2.93. The van der Waals surface area contributed by atoms with Gasteiger partial charge in [-0.1, -0.05) is 37.3 Å². The predicted molar refractivity (Wildman–Crippen MR) is 95.7 cm³/mol. The molecule has 8 heteroatoms. The van der Waals surface area contributed by atoms with E-state index in [1.165, 1.54) is 4.90 Å². The summed E-state index contributed by atoms with van der Waals surface area (Å²) in [5.41, 5.74) is -0.533. The third kappa shape index (κ3) is 4.06. The van der Waals surface area contributed by atoms with Crippen LogP contribution in [0, 0.1) is 22.7 Å². The summed E-state index contributed by atoms with van der Waals surface area (Å²) in [5.74, 6) is -0.945. The average molecular weight is 367 g/mol. The molecule has 0 aliphatic carbocycles. The zero-order valence-corrected chi connectivity index (χ0v) is 15.1. The minimum atomic E-state index is -1.19. The third-order valence-electron chi connectivity index (χ3n) is 4.61. The molecule has 0 spiro atoms. The van der Waals surface area contributed by atoms with Crippen molar-refractivity contribution in [2.24, 2.45) is 0 Å². The molecule has 0 saturated carbocycles. The van der Waals surface area contributed by atoms with Crippen LogP contribution >= 0.6 is 0 Å². The first-order chi connectivity index (χ1) is 13.0. The van der Waals surface area contributed by atoms with Gasteiger partial charge in [-0.3, -0.25) is 14.5 Å². The van der Waals surface area contributed by atoms with E-state index in [2.05, 4.69) is 5.32 Å². The molecule has 1 aromatic carbocycles. The monoisotopic (exact) mass is 367 g/mol. The normalized spacial score (nSPS) is 18.6. The van der Waals surface area contributed by atoms with Crippen LogP contribution in [0.4, 0.5) is 4.79 Å². The van der Waals surface area contributed by atoms with Crippen molar-refractivity contribution in [3.05, 3.63) is 35.9 Å². The number of imide groups is 1. The van der Waals surface area contributed by atoms with Crippen LogP contribution in [-0.4, -0.2) is 47.3 Å². The fraction of sp³-hybridized carbons (Fsp3) is 0.421. The van der Waals surface area contributed by atoms with E-state index in [0.717, 1.165) is 4.90 Å². The summed E-state index contributed by atoms with van der Waals surface area (Å²) >= 11 is 0. The van der Waals surface area contributed by atoms with Crippen LogP contribution in [0.1, 0.15) is 31.7 Å². The van der Waals surface area contributed by atoms with Gasteiger partial charge in [-0.25, -0.2) is 4.79 Å². The van der Waals surface area contributed by atoms with Gasteiger partial charge in [-0.2, -0.15) is 10.5 Å². The summed E-state index contributed by atoms with van der Waals surface area (Å²) in [6.07, 6.45) is 0.569. The second kappa shape index (κ2) is 8.81. The topological polar surface area (TPSA) is 117 Å². The highest BCUT2D eigenvalue weighted by atomic mass is 16.2. The summed E-state index contributed by atoms with van der Waals surface area (Å²) in [5, 5.41) is 20.2. The summed E-state index contributed by atoms with van der Waals surface area (Å²) in [6.45, 7) is 1.68. The number of nitrogens with zero attached hydrogens (tertiary/aromatic N) is 4. The van der Waals surface area contributed by atoms with Crippen molar-refractivity contribution in [2.45, 2.75) is 31.7 Å². The zero-order chi connectivity index (χ0) is 19.9. The molecule has 4 amide bonds. The summed E-state index contributed by atoms with van der Waals surface area (Å²) in [7, 11) is 0. The molecule has 2 rings (SSSR count). The Kier molecular flexibility index (Phi) is 6.51. The quantitative estimate of drug-likeness (QED) is 0.699. The number of carbonyl (C=O) groups excluding carboxylic acids is 3. The van der Waals surface area contributed by atoms with Gasteiger partial charge in [0.25, 0.3) is 5.91 Å². The van der Waals surface area contributed by atoms with Crippen LogP contribution in [0.2, 0.25) is 0 Å². The standard InChI is InChI=1S/C19H21N5O3/c1-2-19(15-8-4-3-5-9-15)17(26)24(18(27)22-19)14-16(25)23(12-6-10-20)13-7-11-21/h3-5,8-9H,2,6-7,12-14H2,1H3,(H,22,27). The maximum absolute atomic E-state index is 13.0. The molecule has 8 nitrogen and oxygen atoms in total. The Hall–Kier alpha value is -3.39. The third-order valence-corrected chi connectivity index (χ3v) is 4.61. The SMILES string of the molecule is CCC1(c2ccccc2)NC(=O)N(CC(=O)N(CCC#N)CCC#N)C1=O. The highest BCUT2D eigenvalue weighted by molar-refractivity contribution is 6.09. The largest absolute Gasteiger partial charge is 0.339 e. The molecule has 0 radical (unpaired) electrons. The summed E-state index contributed by atoms with van der Waals surface area (Å²) in [6, 6.07) is 12.2. The molecule has 1 N–H and O–H groups in total. The van der Waals surface area contributed by atoms with E-state index in [9.17, 15) is 14.4 Å². The van der Waals surface area contributed by atoms with Crippen LogP contribution in [-0.2, 0) is 15.1 Å². The van der Waals surface area contributed by atoms with Gasteiger partial charge in [0.1, 0.15) is 12.1 Å². The van der Waals surface area contributed by atoms with E-state index < -0.39 is 29.9 Å². The Morgan fingerprint density at radius 2 is 1.74 bits per heavy atom. The van der Waals surface area contributed by atoms with Gasteiger partial charge in [-0.05, 0) is 12.0 Å². The molecule has 1 aliphatic heterocycles. The second-order valence-corrected chi connectivity index (χ2v) is 6.14. The van der Waals surface area contributed by atoms with Gasteiger partial charge >= 0.3 is 6.03 Å². The second-order valence-electron chi connectivity index (χ2n) is 6.14. The van der Waals surface area contributed by atoms with E-state index in [1.807, 2.05) is 18.2 Å². The van der Waals surface area contributed by atoms with E-state index in [0.29, 0.717) is 12.0 Å². The van der Waals surface area contributed by atoms with Crippen molar-refractivity contribution in [3.63, 3.8) is 0 Å². The summed E-state index contributed by atoms with van der Waals surface area (Å²) in [4.78, 5) is 40.3. The van der Waals surface area contributed by atoms with Crippen LogP contribution in [0.5, 0.6) is 0 Å². The molecule has 0 aromatic heterocycles. The molecule has 1 atom stereocenters. The Bertz CT molecular complexity index is 778. The first-order valence-corrected chi connectivity index (χ1v) is 8.71. The smallest absolute Gasteiger partial charge is 0.325 e. The van der Waals surface area contributed by atoms with Crippen molar-refractivity contribution in [1.82, 2.24) is 15.1 Å². The van der Waals surface area contributed by atoms with Gasteiger partial charge < -0.3 is 10.2 Å². The predicted octanol–water partition coefficient (Wildman–Crippen LogP) is 1.50. The molecule has 1 unspecified atom stereocenters. The fourth-order valence-electron chi connectivity index (χ4n) is 3.10. The number of nitrogens with one attached hydrogen (secondary N) is 1. The van der Waals surface area contributed by atoms with Gasteiger partial charge in [0.15, 0.2) is 0 Å². The number of amides is 4. The maximum atomic E-state index is 13.0. The van der Waals surface area contributed by atoms with E-state index in [4.69, 9.17) is 10.5 Å². The number of rotatable bonds is 8. The van der Waals surface area contributed by atoms with E-state index >= 15 is 0 Å². The molecular formula is C19H21N5O3. The van der Waals surface area contributed by atoms with Crippen LogP contribution in [0.3, 0.4) is 0 Å². The molecule has 0 bridgehead atoms. The van der Waals surface area contributed by atoms with Crippen LogP contribution < -0.4 is 5.32 Å². The van der Waals surface area contributed by atoms with E-state index in [-0.39, 0.29) is 25.9 Å². The number of urea groups is 1. The van der Waals surface area contributed by atoms with Gasteiger partial charge in [0, 0.05) is 13.1 Å². The Balaban J connectivity index is 2.20. The first kappa shape index (κ1) is 19.9. The number of hydrogen-bond donors (Lipinski definition) is 1. The van der Waals surface area contributed by atoms with Crippen molar-refractivity contribution in [3.8, 4) is 12.1 Å². The van der Waals surface area contributed by atoms with Gasteiger partial charge in [0.05, 0.1) is 25.0 Å². The number of nitriles is 2. The van der Waals surface area contributed by atoms with Crippen molar-refractivity contribution in [1.29, 1.82) is 10.5 Å². The van der Waals surface area contributed by atoms with Crippen molar-refractivity contribution < 1.29 is 14.4 Å². The van der Waals surface area contributed by atoms with Crippen LogP contribution in [0.25, 0.3) is 0 Å². The minimum Gasteiger partial charge on any atom is -0.339 e. The summed E-state index contributed by atoms with van der Waals surface area (Å²) < 4.78 is 0. The molecule has 27 heavy (non-hydrogen) atoms. The Morgan fingerprint density at radius 3 is 2.26 bits per heavy atom. The molecule has 1 aromatic rings. The highest BCUT2D eigenvalue weighted by Crippen LogP contribution is 2.32. The molecule has 1 fully saturated rings. The lowest BCUT2D eigenvalue weighted by atomic mass is 9.87. The molecule has 1 saturated heterocycles. The lowest BCUT2D eigenvalue weighted by molar-refractivity contribution is -0.139. The zero-order valence-electron chi connectivity index (χ0n) is 15.1.